The normalized spacial score (nSPS) is 11.8. The third-order valence-electron chi connectivity index (χ3n) is 12.4. The highest BCUT2D eigenvalue weighted by molar-refractivity contribution is 6.12. The summed E-state index contributed by atoms with van der Waals surface area (Å²) in [5.74, 6) is 1.37. The van der Waals surface area contributed by atoms with Crippen molar-refractivity contribution in [1.82, 2.24) is 19.5 Å². The minimum atomic E-state index is -4.47. The molecule has 0 aliphatic carbocycles. The molecule has 0 fully saturated rings. The molecule has 2 heterocycles. The summed E-state index contributed by atoms with van der Waals surface area (Å²) in [6.07, 6.45) is -4.47. The molecule has 4 nitrogen and oxygen atoms in total. The van der Waals surface area contributed by atoms with E-state index in [-0.39, 0.29) is 0 Å². The van der Waals surface area contributed by atoms with E-state index in [0.717, 1.165) is 61.9 Å². The maximum Gasteiger partial charge on any atom is 0.416 e. The lowest BCUT2D eigenvalue weighted by Gasteiger charge is -2.16. The van der Waals surface area contributed by atoms with Crippen molar-refractivity contribution in [1.29, 1.82) is 0 Å². The Morgan fingerprint density at radius 3 is 1.26 bits per heavy atom. The zero-order valence-electron chi connectivity index (χ0n) is 37.0. The first-order valence-corrected chi connectivity index (χ1v) is 21.7. The van der Waals surface area contributed by atoms with E-state index >= 15 is 0 Å². The van der Waals surface area contributed by atoms with Crippen LogP contribution in [0.5, 0.6) is 0 Å². The highest BCUT2D eigenvalue weighted by Gasteiger charge is 2.30. The Kier molecular flexibility index (Phi) is 10.3. The van der Waals surface area contributed by atoms with Gasteiger partial charge in [0, 0.05) is 33.2 Å². The molecule has 0 amide bonds. The summed E-state index contributed by atoms with van der Waals surface area (Å²) < 4.78 is 43.9. The average molecular weight is 855 g/mol. The SMILES string of the molecule is Cc1cc(C)c(-c2ccc3c(c2)c2cc(-c4c(C)cc(C)cc4C)ccc2n3-c2ccc(-c3ccc(C(F)(F)F)cc3)c(-c3nc(-c4ccccc4)nc(-c4ccccc4)n3)c2)c(C)c1. The van der Waals surface area contributed by atoms with E-state index in [1.165, 1.54) is 56.6 Å². The second-order valence-corrected chi connectivity index (χ2v) is 17.2. The van der Waals surface area contributed by atoms with Gasteiger partial charge in [0.15, 0.2) is 17.5 Å². The first-order chi connectivity index (χ1) is 31.3. The number of aryl methyl sites for hydroxylation is 6. The molecule has 10 rings (SSSR count). The number of nitrogens with zero attached hydrogens (tertiary/aromatic N) is 4. The van der Waals surface area contributed by atoms with Crippen LogP contribution in [0.2, 0.25) is 0 Å². The van der Waals surface area contributed by atoms with Crippen molar-refractivity contribution in [3.63, 3.8) is 0 Å². The summed E-state index contributed by atoms with van der Waals surface area (Å²) in [5.41, 5.74) is 17.8. The van der Waals surface area contributed by atoms with Crippen LogP contribution >= 0.6 is 0 Å². The lowest BCUT2D eigenvalue weighted by Crippen LogP contribution is -2.04. The monoisotopic (exact) mass is 854 g/mol. The summed E-state index contributed by atoms with van der Waals surface area (Å²) in [4.78, 5) is 15.2. The molecule has 0 radical (unpaired) electrons. The summed E-state index contributed by atoms with van der Waals surface area (Å²) in [6, 6.07) is 53.3. The second-order valence-electron chi connectivity index (χ2n) is 17.2. The van der Waals surface area contributed by atoms with Gasteiger partial charge in [0.25, 0.3) is 0 Å². The average Bonchev–Trinajstić information content (AvgIpc) is 3.61. The van der Waals surface area contributed by atoms with Crippen LogP contribution in [0.1, 0.15) is 38.9 Å². The Balaban J connectivity index is 1.25. The second kappa shape index (κ2) is 16.2. The number of aromatic nitrogens is 4. The van der Waals surface area contributed by atoms with Gasteiger partial charge in [0.05, 0.1) is 16.6 Å². The number of hydrogen-bond donors (Lipinski definition) is 0. The molecule has 0 saturated heterocycles. The van der Waals surface area contributed by atoms with Gasteiger partial charge in [-0.3, -0.25) is 0 Å². The maximum atomic E-state index is 13.9. The van der Waals surface area contributed by atoms with Crippen LogP contribution in [0, 0.1) is 41.5 Å². The van der Waals surface area contributed by atoms with Crippen molar-refractivity contribution in [2.45, 2.75) is 47.7 Å². The van der Waals surface area contributed by atoms with E-state index in [0.29, 0.717) is 34.2 Å². The molecule has 318 valence electrons. The first-order valence-electron chi connectivity index (χ1n) is 21.7. The number of halogens is 3. The van der Waals surface area contributed by atoms with Gasteiger partial charge in [-0.05, 0) is 146 Å². The van der Waals surface area contributed by atoms with Crippen LogP contribution in [-0.4, -0.2) is 19.5 Å². The fraction of sp³-hybridized carbons (Fsp3) is 0.121. The molecule has 7 heteroatoms. The van der Waals surface area contributed by atoms with Crippen LogP contribution in [0.4, 0.5) is 13.2 Å². The van der Waals surface area contributed by atoms with E-state index in [2.05, 4.69) is 113 Å². The van der Waals surface area contributed by atoms with Crippen molar-refractivity contribution < 1.29 is 13.2 Å². The Bertz CT molecular complexity index is 3240. The lowest BCUT2D eigenvalue weighted by atomic mass is 9.91. The first kappa shape index (κ1) is 41.4. The van der Waals surface area contributed by atoms with Gasteiger partial charge >= 0.3 is 6.18 Å². The van der Waals surface area contributed by atoms with E-state index < -0.39 is 11.7 Å². The number of benzene rings is 8. The topological polar surface area (TPSA) is 43.6 Å². The molecule has 0 spiro atoms. The van der Waals surface area contributed by atoms with Crippen molar-refractivity contribution in [3.05, 3.63) is 203 Å². The quantitative estimate of drug-likeness (QED) is 0.160. The summed E-state index contributed by atoms with van der Waals surface area (Å²) in [5, 5.41) is 2.21. The highest BCUT2D eigenvalue weighted by atomic mass is 19.4. The van der Waals surface area contributed by atoms with Crippen LogP contribution in [0.25, 0.3) is 95.0 Å². The van der Waals surface area contributed by atoms with Crippen molar-refractivity contribution >= 4 is 21.8 Å². The van der Waals surface area contributed by atoms with E-state index in [1.54, 1.807) is 0 Å². The summed E-state index contributed by atoms with van der Waals surface area (Å²) >= 11 is 0. The molecule has 0 bridgehead atoms. The highest BCUT2D eigenvalue weighted by Crippen LogP contribution is 2.42. The van der Waals surface area contributed by atoms with Crippen LogP contribution < -0.4 is 0 Å². The molecule has 0 atom stereocenters. The fourth-order valence-electron chi connectivity index (χ4n) is 9.76. The molecule has 0 N–H and O–H groups in total. The van der Waals surface area contributed by atoms with Gasteiger partial charge in [-0.1, -0.05) is 126 Å². The van der Waals surface area contributed by atoms with Gasteiger partial charge < -0.3 is 4.57 Å². The van der Waals surface area contributed by atoms with Crippen LogP contribution in [-0.2, 0) is 6.18 Å². The molecule has 65 heavy (non-hydrogen) atoms. The lowest BCUT2D eigenvalue weighted by molar-refractivity contribution is -0.137. The fourth-order valence-corrected chi connectivity index (χ4v) is 9.76. The van der Waals surface area contributed by atoms with Crippen molar-refractivity contribution in [2.75, 3.05) is 0 Å². The summed E-state index contributed by atoms with van der Waals surface area (Å²) in [6.45, 7) is 13.0. The van der Waals surface area contributed by atoms with Crippen LogP contribution in [0.3, 0.4) is 0 Å². The number of rotatable bonds is 7. The largest absolute Gasteiger partial charge is 0.416 e. The van der Waals surface area contributed by atoms with E-state index in [1.807, 2.05) is 72.8 Å². The van der Waals surface area contributed by atoms with Gasteiger partial charge in [-0.2, -0.15) is 13.2 Å². The number of hydrogen-bond acceptors (Lipinski definition) is 3. The molecular weight excluding hydrogens is 810 g/mol. The smallest absolute Gasteiger partial charge is 0.309 e. The molecule has 2 aromatic heterocycles. The minimum Gasteiger partial charge on any atom is -0.309 e. The molecule has 8 aromatic carbocycles. The molecule has 10 aromatic rings. The molecule has 0 unspecified atom stereocenters. The predicted octanol–water partition coefficient (Wildman–Crippen LogP) is 15.8. The zero-order chi connectivity index (χ0) is 45.1. The van der Waals surface area contributed by atoms with Crippen LogP contribution in [0.15, 0.2) is 164 Å². The zero-order valence-corrected chi connectivity index (χ0v) is 37.0. The predicted molar refractivity (Wildman–Crippen MR) is 260 cm³/mol. The molecular formula is C58H45F3N4. The van der Waals surface area contributed by atoms with Gasteiger partial charge in [0.1, 0.15) is 0 Å². The molecule has 0 saturated carbocycles. The standard InChI is InChI=1S/C58H45F3N4/c1-34-27-36(3)53(37(4)28-34)43-19-25-51-48(31-43)49-32-44(54-38(5)29-35(2)30-39(54)6)20-26-52(49)65(51)46-23-24-47(40-17-21-45(22-18-40)58(59,60)61)50(33-46)57-63-55(41-13-9-7-10-14-41)62-56(64-57)42-15-11-8-12-16-42/h7-33H,1-6H3. The van der Waals surface area contributed by atoms with E-state index in [4.69, 9.17) is 15.0 Å². The van der Waals surface area contributed by atoms with Crippen molar-refractivity contribution in [2.24, 2.45) is 0 Å². The Labute approximate surface area is 376 Å². The Hall–Kier alpha value is -7.64. The molecule has 0 aliphatic heterocycles. The summed E-state index contributed by atoms with van der Waals surface area (Å²) in [7, 11) is 0. The van der Waals surface area contributed by atoms with E-state index in [9.17, 15) is 13.2 Å². The van der Waals surface area contributed by atoms with Crippen molar-refractivity contribution in [3.8, 4) is 73.2 Å². The molecule has 0 aliphatic rings. The number of fused-ring (bicyclic) bond motifs is 3. The Morgan fingerprint density at radius 2 is 0.815 bits per heavy atom. The number of alkyl halides is 3. The minimum absolute atomic E-state index is 0.399. The van der Waals surface area contributed by atoms with Gasteiger partial charge in [-0.25, -0.2) is 15.0 Å². The third-order valence-corrected chi connectivity index (χ3v) is 12.4. The van der Waals surface area contributed by atoms with Gasteiger partial charge in [-0.15, -0.1) is 0 Å². The Morgan fingerprint density at radius 1 is 0.385 bits per heavy atom. The maximum absolute atomic E-state index is 13.9. The van der Waals surface area contributed by atoms with Gasteiger partial charge in [0.2, 0.25) is 0 Å². The third kappa shape index (κ3) is 7.67.